The smallest absolute Gasteiger partial charge is 0.328 e. The first-order chi connectivity index (χ1) is 49.9. The van der Waals surface area contributed by atoms with Gasteiger partial charge in [-0.2, -0.15) is 23.8 Å². The second kappa shape index (κ2) is 31.7. The number of aliphatic carboxylic acids is 2. The van der Waals surface area contributed by atoms with Crippen molar-refractivity contribution in [2.45, 2.75) is 91.2 Å². The van der Waals surface area contributed by atoms with Crippen molar-refractivity contribution in [2.75, 3.05) is 30.7 Å². The van der Waals surface area contributed by atoms with Crippen LogP contribution < -0.4 is 47.0 Å². The molecule has 0 aliphatic carbocycles. The van der Waals surface area contributed by atoms with Crippen molar-refractivity contribution in [1.82, 2.24) is 31.2 Å². The standard InChI is InChI=1S/3C21H17N5S.C14H26O7S/c3*1-15-11-13-17(14-12-15)25-23-20(16-7-3-2-4-8-16)24-26(25)21-22-18-9-5-6-10-19(18)27-21;1-4-7-8-9-10-14(12(17)18,22(19,20)21)13(5-2,6-3)11(15)16/h3*2-14H,1H3,(H,23,24);4-10H2,1-3H3,(H,15,16)(H,17,18)(H,19,20,21). The van der Waals surface area contributed by atoms with Crippen LogP contribution in [0.1, 0.15) is 99.1 Å². The fourth-order valence-electron chi connectivity index (χ4n) is 12.0. The zero-order valence-electron chi connectivity index (χ0n) is 57.4. The number of hydrogen-bond acceptors (Lipinski definition) is 22. The number of carboxylic acid groups (broad SMARTS) is 2. The predicted molar refractivity (Wildman–Crippen MR) is 417 cm³/mol. The second-order valence-electron chi connectivity index (χ2n) is 24.5. The maximum absolute atomic E-state index is 11.9. The van der Waals surface area contributed by atoms with E-state index in [-0.39, 0.29) is 19.3 Å². The number of aryl methyl sites for hydroxylation is 3. The van der Waals surface area contributed by atoms with Crippen molar-refractivity contribution in [2.24, 2.45) is 20.7 Å². The van der Waals surface area contributed by atoms with Crippen molar-refractivity contribution in [3.8, 4) is 0 Å². The Balaban J connectivity index is 0.000000130. The molecular formula is C77H77N15O7S4. The summed E-state index contributed by atoms with van der Waals surface area (Å²) < 4.78 is 34.2. The van der Waals surface area contributed by atoms with Crippen LogP contribution in [0.4, 0.5) is 32.5 Å². The number of hydrazone groups is 3. The maximum Gasteiger partial charge on any atom is 0.328 e. The van der Waals surface area contributed by atoms with Crippen molar-refractivity contribution in [3.05, 3.63) is 270 Å². The molecule has 1 atom stereocenters. The van der Waals surface area contributed by atoms with E-state index < -0.39 is 38.6 Å². The first-order valence-electron chi connectivity index (χ1n) is 33.6. The first kappa shape index (κ1) is 71.5. The van der Waals surface area contributed by atoms with Crippen molar-refractivity contribution >= 4 is 137 Å². The number of nitrogens with zero attached hydrogens (tertiary/aromatic N) is 12. The molecule has 3 aliphatic rings. The van der Waals surface area contributed by atoms with Crippen LogP contribution in [-0.2, 0) is 19.7 Å². The molecule has 0 radical (unpaired) electrons. The summed E-state index contributed by atoms with van der Waals surface area (Å²) in [6.45, 7) is 11.0. The van der Waals surface area contributed by atoms with Crippen LogP contribution in [0.2, 0.25) is 0 Å². The summed E-state index contributed by atoms with van der Waals surface area (Å²) in [6.07, 6.45) is 1.59. The van der Waals surface area contributed by atoms with Gasteiger partial charge in [0.1, 0.15) is 0 Å². The number of benzene rings is 9. The van der Waals surface area contributed by atoms with Crippen molar-refractivity contribution in [3.63, 3.8) is 0 Å². The lowest BCUT2D eigenvalue weighted by molar-refractivity contribution is -0.161. The molecule has 26 heteroatoms. The van der Waals surface area contributed by atoms with Gasteiger partial charge in [0, 0.05) is 16.7 Å². The number of hydrogen-bond donors (Lipinski definition) is 6. The SMILES string of the molecule is CCCCCCC(C(=O)O)(C(CC)(CC)C(=O)O)S(=O)(=O)O.Cc1ccc(N2NC(c3ccccc3)=NN2c2nc3ccccc3s2)cc1.Cc1ccc(N2NC(c3ccccc3)=NN2c2nc3ccccc3s2)cc1.Cc1ccc(N2NC(c3ccccc3)=NN2c2nc3ccccc3s2)cc1. The Labute approximate surface area is 609 Å². The van der Waals surface area contributed by atoms with Crippen LogP contribution in [-0.4, -0.2) is 72.3 Å². The van der Waals surface area contributed by atoms with Crippen LogP contribution in [0.5, 0.6) is 0 Å². The number of hydrazine groups is 6. The van der Waals surface area contributed by atoms with Gasteiger partial charge in [-0.25, -0.2) is 15.0 Å². The highest BCUT2D eigenvalue weighted by molar-refractivity contribution is 7.88. The van der Waals surface area contributed by atoms with Gasteiger partial charge in [0.2, 0.25) is 20.1 Å². The molecule has 103 heavy (non-hydrogen) atoms. The van der Waals surface area contributed by atoms with Crippen LogP contribution in [0, 0.1) is 26.2 Å². The number of fused-ring (bicyclic) bond motifs is 3. The third-order valence-corrected chi connectivity index (χ3v) is 22.3. The molecule has 12 aromatic rings. The first-order valence-corrected chi connectivity index (χ1v) is 37.5. The topological polar surface area (TPSA) is 260 Å². The number of rotatable bonds is 20. The molecule has 15 rings (SSSR count). The van der Waals surface area contributed by atoms with E-state index in [9.17, 15) is 32.8 Å². The van der Waals surface area contributed by atoms with Crippen molar-refractivity contribution in [1.29, 1.82) is 0 Å². The Bertz CT molecular complexity index is 4590. The van der Waals surface area contributed by atoms with Gasteiger partial charge in [-0.05, 0) is 113 Å². The molecule has 0 spiro atoms. The fraction of sp³-hybridized carbons (Fsp3) is 0.195. The molecular weight excluding hydrogens is 1380 g/mol. The molecule has 9 aromatic carbocycles. The minimum absolute atomic E-state index is 0.210. The third-order valence-electron chi connectivity index (χ3n) is 17.7. The van der Waals surface area contributed by atoms with E-state index in [0.29, 0.717) is 6.42 Å². The van der Waals surface area contributed by atoms with E-state index >= 15 is 0 Å². The van der Waals surface area contributed by atoms with Gasteiger partial charge in [0.25, 0.3) is 10.1 Å². The number of nitrogens with one attached hydrogen (secondary N) is 3. The van der Waals surface area contributed by atoms with Gasteiger partial charge in [0.05, 0.1) is 53.1 Å². The van der Waals surface area contributed by atoms with E-state index in [2.05, 4.69) is 128 Å². The summed E-state index contributed by atoms with van der Waals surface area (Å²) >= 11 is 4.86. The number of amidine groups is 3. The molecule has 526 valence electrons. The lowest BCUT2D eigenvalue weighted by atomic mass is 9.68. The van der Waals surface area contributed by atoms with Crippen LogP contribution in [0.25, 0.3) is 30.6 Å². The molecule has 3 aliphatic heterocycles. The monoisotopic (exact) mass is 1450 g/mol. The van der Waals surface area contributed by atoms with Crippen LogP contribution in [0.3, 0.4) is 0 Å². The number of thiazole rings is 3. The summed E-state index contributed by atoms with van der Waals surface area (Å²) in [5.74, 6) is -0.966. The average molecular weight is 1450 g/mol. The number of carbonyl (C=O) groups is 2. The molecule has 6 heterocycles. The van der Waals surface area contributed by atoms with E-state index in [1.54, 1.807) is 34.0 Å². The van der Waals surface area contributed by atoms with E-state index in [1.807, 2.05) is 183 Å². The lowest BCUT2D eigenvalue weighted by Crippen LogP contribution is -2.62. The Hall–Kier alpha value is -11.3. The highest BCUT2D eigenvalue weighted by Gasteiger charge is 2.67. The van der Waals surface area contributed by atoms with E-state index in [4.69, 9.17) is 30.3 Å². The highest BCUT2D eigenvalue weighted by atomic mass is 32.2. The second-order valence-corrected chi connectivity index (χ2v) is 29.2. The Morgan fingerprint density at radius 1 is 0.408 bits per heavy atom. The minimum atomic E-state index is -5.12. The summed E-state index contributed by atoms with van der Waals surface area (Å²) in [6, 6.07) is 79.7. The number of unbranched alkanes of at least 4 members (excludes halogenated alkanes) is 3. The number of anilines is 6. The summed E-state index contributed by atoms with van der Waals surface area (Å²) in [5.41, 5.74) is 20.8. The number of aromatic nitrogens is 3. The largest absolute Gasteiger partial charge is 0.481 e. The molecule has 3 aromatic heterocycles. The summed E-state index contributed by atoms with van der Waals surface area (Å²) in [5, 5.41) is 47.3. The molecule has 0 saturated carbocycles. The van der Waals surface area contributed by atoms with Gasteiger partial charge in [-0.3, -0.25) is 30.4 Å². The molecule has 0 fully saturated rings. The molecule has 22 nitrogen and oxygen atoms in total. The average Bonchev–Trinajstić information content (AvgIpc) is 1.53. The Morgan fingerprint density at radius 2 is 0.709 bits per heavy atom. The van der Waals surface area contributed by atoms with Gasteiger partial charge in [0.15, 0.2) is 17.5 Å². The zero-order valence-corrected chi connectivity index (χ0v) is 60.7. The van der Waals surface area contributed by atoms with Gasteiger partial charge < -0.3 is 10.2 Å². The number of para-hydroxylation sites is 3. The fourth-order valence-corrected chi connectivity index (χ4v) is 16.2. The minimum Gasteiger partial charge on any atom is -0.481 e. The summed E-state index contributed by atoms with van der Waals surface area (Å²) in [4.78, 5) is 37.8. The lowest BCUT2D eigenvalue weighted by Gasteiger charge is -2.41. The quantitative estimate of drug-likeness (QED) is 0.0306. The highest BCUT2D eigenvalue weighted by Crippen LogP contribution is 2.48. The van der Waals surface area contributed by atoms with Crippen molar-refractivity contribution < 1.29 is 32.8 Å². The Kier molecular flexibility index (Phi) is 22.0. The molecule has 0 saturated heterocycles. The van der Waals surface area contributed by atoms with Gasteiger partial charge >= 0.3 is 11.9 Å². The molecule has 0 bridgehead atoms. The Morgan fingerprint density at radius 3 is 0.971 bits per heavy atom. The molecule has 6 N–H and O–H groups in total. The van der Waals surface area contributed by atoms with E-state index in [0.717, 1.165) is 110 Å². The molecule has 1 unspecified atom stereocenters. The van der Waals surface area contributed by atoms with Crippen LogP contribution >= 0.6 is 34.0 Å². The maximum atomic E-state index is 11.9. The zero-order chi connectivity index (χ0) is 72.3. The normalized spacial score (nSPS) is 14.1. The predicted octanol–water partition coefficient (Wildman–Crippen LogP) is 16.7. The van der Waals surface area contributed by atoms with Gasteiger partial charge in [-0.15, -0.1) is 30.7 Å². The van der Waals surface area contributed by atoms with E-state index in [1.165, 1.54) is 30.5 Å². The van der Waals surface area contributed by atoms with Gasteiger partial charge in [-0.1, -0.05) is 261 Å². The summed E-state index contributed by atoms with van der Waals surface area (Å²) in [7, 11) is -5.12. The molecule has 0 amide bonds. The third kappa shape index (κ3) is 15.5. The van der Waals surface area contributed by atoms with Crippen LogP contribution in [0.15, 0.2) is 252 Å². The number of carboxylic acids is 2.